The number of halogens is 3. The summed E-state index contributed by atoms with van der Waals surface area (Å²) in [5.41, 5.74) is 5.07. The number of hydrogen-bond donors (Lipinski definition) is 1. The van der Waals surface area contributed by atoms with Crippen molar-refractivity contribution in [2.24, 2.45) is 0 Å². The molecule has 0 aliphatic heterocycles. The maximum atomic E-state index is 14.0. The smallest absolute Gasteiger partial charge is 0.251 e. The fraction of sp³-hybridized carbons (Fsp3) is 0.296. The Bertz CT molecular complexity index is 1230. The van der Waals surface area contributed by atoms with Crippen LogP contribution < -0.4 is 10.2 Å². The van der Waals surface area contributed by atoms with Crippen LogP contribution in [0.2, 0.25) is 10.0 Å². The number of rotatable bonds is 8. The number of aromatic nitrogens is 1. The summed E-state index contributed by atoms with van der Waals surface area (Å²) >= 11 is 12.4. The number of hydrogen-bond acceptors (Lipinski definition) is 2. The summed E-state index contributed by atoms with van der Waals surface area (Å²) < 4.78 is 15.7. The molecule has 0 bridgehead atoms. The highest BCUT2D eigenvalue weighted by Crippen LogP contribution is 2.33. The molecule has 1 aliphatic carbocycles. The lowest BCUT2D eigenvalue weighted by atomic mass is 10.00. The van der Waals surface area contributed by atoms with Crippen molar-refractivity contribution in [3.63, 3.8) is 0 Å². The molecule has 0 spiro atoms. The van der Waals surface area contributed by atoms with Gasteiger partial charge in [0.05, 0.1) is 10.7 Å². The van der Waals surface area contributed by atoms with E-state index in [9.17, 15) is 9.18 Å². The van der Waals surface area contributed by atoms with E-state index >= 15 is 0 Å². The molecule has 1 heterocycles. The molecule has 4 rings (SSSR count). The first-order chi connectivity index (χ1) is 16.3. The predicted molar refractivity (Wildman–Crippen MR) is 136 cm³/mol. The summed E-state index contributed by atoms with van der Waals surface area (Å²) in [6, 6.07) is 12.6. The first-order valence-corrected chi connectivity index (χ1v) is 12.1. The van der Waals surface area contributed by atoms with Gasteiger partial charge in [-0.2, -0.15) is 4.73 Å². The largest absolute Gasteiger partial charge is 0.406 e. The number of nitrogens with zero attached hydrogens (tertiary/aromatic N) is 1. The van der Waals surface area contributed by atoms with Crippen LogP contribution in [-0.4, -0.2) is 16.7 Å². The third kappa shape index (κ3) is 5.31. The molecule has 178 valence electrons. The van der Waals surface area contributed by atoms with Crippen LogP contribution in [0.3, 0.4) is 0 Å². The molecule has 7 heteroatoms. The van der Waals surface area contributed by atoms with Crippen molar-refractivity contribution in [3.05, 3.63) is 92.5 Å². The van der Waals surface area contributed by atoms with Crippen LogP contribution in [0.5, 0.6) is 0 Å². The molecule has 3 aromatic rings. The maximum Gasteiger partial charge on any atom is 0.251 e. The molecular formula is C27H27Cl2FN2O2. The van der Waals surface area contributed by atoms with E-state index < -0.39 is 11.9 Å². The van der Waals surface area contributed by atoms with Gasteiger partial charge in [0.2, 0.25) is 0 Å². The summed E-state index contributed by atoms with van der Waals surface area (Å²) in [6.45, 7) is 5.86. The van der Waals surface area contributed by atoms with Crippen molar-refractivity contribution in [1.29, 1.82) is 0 Å². The van der Waals surface area contributed by atoms with Gasteiger partial charge in [-0.3, -0.25) is 4.79 Å². The highest BCUT2D eigenvalue weighted by atomic mass is 35.5. The second kappa shape index (κ2) is 10.2. The molecule has 1 aliphatic rings. The van der Waals surface area contributed by atoms with Crippen LogP contribution in [0.15, 0.2) is 48.7 Å². The van der Waals surface area contributed by atoms with Crippen molar-refractivity contribution >= 4 is 40.8 Å². The fourth-order valence-electron chi connectivity index (χ4n) is 3.81. The average Bonchev–Trinajstić information content (AvgIpc) is 3.58. The average molecular weight is 501 g/mol. The molecule has 34 heavy (non-hydrogen) atoms. The molecule has 1 unspecified atom stereocenters. The number of nitrogens with one attached hydrogen (secondary N) is 1. The Morgan fingerprint density at radius 1 is 1.18 bits per heavy atom. The van der Waals surface area contributed by atoms with E-state index in [-0.39, 0.29) is 10.9 Å². The molecule has 1 atom stereocenters. The van der Waals surface area contributed by atoms with Crippen LogP contribution in [0.4, 0.5) is 4.39 Å². The molecular weight excluding hydrogens is 474 g/mol. The zero-order valence-corrected chi connectivity index (χ0v) is 20.9. The lowest BCUT2D eigenvalue weighted by molar-refractivity contribution is 0.0470. The first-order valence-electron chi connectivity index (χ1n) is 11.4. The topological polar surface area (TPSA) is 43.3 Å². The molecule has 1 amide bonds. The normalized spacial score (nSPS) is 14.7. The highest BCUT2D eigenvalue weighted by molar-refractivity contribution is 6.36. The number of allylic oxidation sites excluding steroid dienone is 1. The van der Waals surface area contributed by atoms with Gasteiger partial charge >= 0.3 is 0 Å². The molecule has 1 saturated carbocycles. The molecule has 1 aromatic heterocycles. The minimum Gasteiger partial charge on any atom is -0.406 e. The lowest BCUT2D eigenvalue weighted by Gasteiger charge is -2.20. The zero-order chi connectivity index (χ0) is 24.4. The summed E-state index contributed by atoms with van der Waals surface area (Å²) in [7, 11) is 0. The lowest BCUT2D eigenvalue weighted by Crippen LogP contribution is -2.25. The molecule has 1 fully saturated rings. The fourth-order valence-corrected chi connectivity index (χ4v) is 4.49. The number of carbonyl (C=O) groups excluding carboxylic acids is 1. The zero-order valence-electron chi connectivity index (χ0n) is 19.4. The molecule has 2 aromatic carbocycles. The Labute approximate surface area is 209 Å². The minimum atomic E-state index is -0.580. The third-order valence-corrected chi connectivity index (χ3v) is 6.70. The molecule has 0 saturated heterocycles. The van der Waals surface area contributed by atoms with E-state index in [0.717, 1.165) is 41.7 Å². The Morgan fingerprint density at radius 2 is 1.85 bits per heavy atom. The molecule has 1 N–H and O–H groups in total. The number of benzene rings is 2. The summed E-state index contributed by atoms with van der Waals surface area (Å²) in [5, 5.41) is 3.32. The first kappa shape index (κ1) is 24.4. The Hall–Kier alpha value is -2.76. The number of carbonyl (C=O) groups is 1. The van der Waals surface area contributed by atoms with Gasteiger partial charge in [0.1, 0.15) is 5.82 Å². The van der Waals surface area contributed by atoms with Gasteiger partial charge in [0.15, 0.2) is 6.10 Å². The van der Waals surface area contributed by atoms with E-state index in [1.807, 2.05) is 43.5 Å². The van der Waals surface area contributed by atoms with Crippen LogP contribution >= 0.6 is 23.2 Å². The summed E-state index contributed by atoms with van der Waals surface area (Å²) in [4.78, 5) is 18.4. The Balaban J connectivity index is 1.58. The predicted octanol–water partition coefficient (Wildman–Crippen LogP) is 7.28. The van der Waals surface area contributed by atoms with Crippen molar-refractivity contribution in [1.82, 2.24) is 10.0 Å². The van der Waals surface area contributed by atoms with Crippen LogP contribution in [-0.2, 0) is 0 Å². The monoisotopic (exact) mass is 500 g/mol. The number of amides is 1. The van der Waals surface area contributed by atoms with Crippen molar-refractivity contribution < 1.29 is 14.0 Å². The standard InChI is InChI=1S/C27H27Cl2FN2O2/c1-4-18(19-5-7-20(8-6-19)27(33)31-21-9-10-21)15-24-16(2)13-14-32(24)34-17(3)25-22(28)11-12-23(30)26(25)29/h5-8,11-15,17,21H,4,9-10H2,1-3H3,(H,31,33)/b18-15+. The SMILES string of the molecule is CC/C(=C\c1c(C)ccn1OC(C)c1c(Cl)ccc(F)c1Cl)c1ccc(C(=O)NC2CC2)cc1. The summed E-state index contributed by atoms with van der Waals surface area (Å²) in [5.74, 6) is -0.569. The van der Waals surface area contributed by atoms with E-state index in [1.54, 1.807) is 11.7 Å². The van der Waals surface area contributed by atoms with Gasteiger partial charge in [0.25, 0.3) is 5.91 Å². The van der Waals surface area contributed by atoms with Crippen molar-refractivity contribution in [2.75, 3.05) is 0 Å². The second-order valence-corrected chi connectivity index (χ2v) is 9.35. The van der Waals surface area contributed by atoms with Crippen LogP contribution in [0.25, 0.3) is 11.6 Å². The van der Waals surface area contributed by atoms with E-state index in [1.165, 1.54) is 12.1 Å². The van der Waals surface area contributed by atoms with Crippen molar-refractivity contribution in [2.45, 2.75) is 52.2 Å². The van der Waals surface area contributed by atoms with Crippen LogP contribution in [0.1, 0.15) is 72.0 Å². The van der Waals surface area contributed by atoms with E-state index in [2.05, 4.69) is 18.3 Å². The minimum absolute atomic E-state index is 0.0298. The van der Waals surface area contributed by atoms with Gasteiger partial charge in [-0.15, -0.1) is 0 Å². The quantitative estimate of drug-likeness (QED) is 0.330. The Morgan fingerprint density at radius 3 is 2.50 bits per heavy atom. The molecule has 0 radical (unpaired) electrons. The van der Waals surface area contributed by atoms with Gasteiger partial charge in [-0.1, -0.05) is 42.3 Å². The van der Waals surface area contributed by atoms with Gasteiger partial charge in [-0.05, 0) is 86.2 Å². The van der Waals surface area contributed by atoms with Crippen LogP contribution in [0, 0.1) is 12.7 Å². The highest BCUT2D eigenvalue weighted by Gasteiger charge is 2.24. The number of aryl methyl sites for hydroxylation is 1. The third-order valence-electron chi connectivity index (χ3n) is 5.98. The van der Waals surface area contributed by atoms with Crippen molar-refractivity contribution in [3.8, 4) is 0 Å². The summed E-state index contributed by atoms with van der Waals surface area (Å²) in [6.07, 6.45) is 6.21. The maximum absolute atomic E-state index is 14.0. The van der Waals surface area contributed by atoms with Gasteiger partial charge in [0, 0.05) is 28.4 Å². The second-order valence-electron chi connectivity index (χ2n) is 8.56. The van der Waals surface area contributed by atoms with E-state index in [0.29, 0.717) is 22.2 Å². The molecule has 4 nitrogen and oxygen atoms in total. The Kier molecular flexibility index (Phi) is 7.34. The van der Waals surface area contributed by atoms with Gasteiger partial charge < -0.3 is 10.2 Å². The van der Waals surface area contributed by atoms with E-state index in [4.69, 9.17) is 28.0 Å². The van der Waals surface area contributed by atoms with Gasteiger partial charge in [-0.25, -0.2) is 4.39 Å².